The minimum Gasteiger partial charge on any atom is -0.361 e. The van der Waals surface area contributed by atoms with Crippen molar-refractivity contribution in [1.82, 2.24) is 15.8 Å². The highest BCUT2D eigenvalue weighted by molar-refractivity contribution is 5.79. The van der Waals surface area contributed by atoms with Crippen LogP contribution in [0, 0.1) is 20.8 Å². The van der Waals surface area contributed by atoms with Crippen molar-refractivity contribution in [2.75, 3.05) is 13.1 Å². The predicted molar refractivity (Wildman–Crippen MR) is 108 cm³/mol. The van der Waals surface area contributed by atoms with Crippen molar-refractivity contribution in [3.05, 3.63) is 52.4 Å². The second kappa shape index (κ2) is 10.00. The van der Waals surface area contributed by atoms with E-state index in [-0.39, 0.29) is 0 Å². The van der Waals surface area contributed by atoms with Gasteiger partial charge in [0.1, 0.15) is 5.76 Å². The average molecular weight is 357 g/mol. The largest absolute Gasteiger partial charge is 0.361 e. The van der Waals surface area contributed by atoms with Crippen LogP contribution in [0.1, 0.15) is 60.8 Å². The minimum atomic E-state index is 0.304. The molecule has 2 aromatic rings. The third kappa shape index (κ3) is 5.90. The summed E-state index contributed by atoms with van der Waals surface area (Å²) in [6.45, 7) is 12.8. The fourth-order valence-electron chi connectivity index (χ4n) is 2.97. The van der Waals surface area contributed by atoms with E-state index in [1.54, 1.807) is 0 Å². The molecule has 0 aliphatic carbocycles. The van der Waals surface area contributed by atoms with Gasteiger partial charge in [0.2, 0.25) is 0 Å². The highest BCUT2D eigenvalue weighted by Crippen LogP contribution is 2.22. The van der Waals surface area contributed by atoms with Gasteiger partial charge in [-0.3, -0.25) is 0 Å². The molecular formula is C21H32N4O. The van der Waals surface area contributed by atoms with E-state index in [0.29, 0.717) is 12.5 Å². The van der Waals surface area contributed by atoms with Gasteiger partial charge in [-0.2, -0.15) is 0 Å². The van der Waals surface area contributed by atoms with Gasteiger partial charge in [-0.05, 0) is 32.8 Å². The lowest BCUT2D eigenvalue weighted by Crippen LogP contribution is -2.39. The molecule has 0 spiro atoms. The van der Waals surface area contributed by atoms with Crippen LogP contribution in [0.15, 0.2) is 33.8 Å². The van der Waals surface area contributed by atoms with Gasteiger partial charge in [0.05, 0.1) is 12.2 Å². The number of guanidine groups is 1. The summed E-state index contributed by atoms with van der Waals surface area (Å²) < 4.78 is 5.29. The van der Waals surface area contributed by atoms with Gasteiger partial charge in [-0.15, -0.1) is 0 Å². The summed E-state index contributed by atoms with van der Waals surface area (Å²) in [6.07, 6.45) is 2.29. The van der Waals surface area contributed by atoms with Crippen LogP contribution in [0.4, 0.5) is 0 Å². The maximum Gasteiger partial charge on any atom is 0.191 e. The number of benzene rings is 1. The van der Waals surface area contributed by atoms with Gasteiger partial charge in [0, 0.05) is 24.6 Å². The predicted octanol–water partition coefficient (Wildman–Crippen LogP) is 4.24. The fourth-order valence-corrected chi connectivity index (χ4v) is 2.97. The normalized spacial score (nSPS) is 12.9. The Balaban J connectivity index is 1.99. The van der Waals surface area contributed by atoms with E-state index in [0.717, 1.165) is 43.3 Å². The molecule has 5 nitrogen and oxygen atoms in total. The second-order valence-electron chi connectivity index (χ2n) is 6.95. The molecule has 1 atom stereocenters. The molecule has 0 amide bonds. The number of hydrogen-bond donors (Lipinski definition) is 2. The zero-order chi connectivity index (χ0) is 18.9. The molecule has 26 heavy (non-hydrogen) atoms. The summed E-state index contributed by atoms with van der Waals surface area (Å²) in [5.74, 6) is 2.06. The zero-order valence-electron chi connectivity index (χ0n) is 16.7. The Morgan fingerprint density at radius 3 is 2.50 bits per heavy atom. The number of nitrogens with zero attached hydrogens (tertiary/aromatic N) is 2. The first-order chi connectivity index (χ1) is 12.5. The Hall–Kier alpha value is -2.30. The first-order valence-electron chi connectivity index (χ1n) is 9.51. The zero-order valence-corrected chi connectivity index (χ0v) is 16.7. The number of rotatable bonds is 8. The maximum absolute atomic E-state index is 5.29. The molecule has 2 rings (SSSR count). The molecule has 1 aromatic heterocycles. The van der Waals surface area contributed by atoms with Gasteiger partial charge in [-0.1, -0.05) is 55.3 Å². The average Bonchev–Trinajstić information content (AvgIpc) is 2.96. The lowest BCUT2D eigenvalue weighted by atomic mass is 10.00. The van der Waals surface area contributed by atoms with E-state index in [9.17, 15) is 0 Å². The molecule has 5 heteroatoms. The van der Waals surface area contributed by atoms with Crippen molar-refractivity contribution in [2.24, 2.45) is 4.99 Å². The van der Waals surface area contributed by atoms with Gasteiger partial charge < -0.3 is 15.2 Å². The molecule has 1 unspecified atom stereocenters. The van der Waals surface area contributed by atoms with Crippen molar-refractivity contribution < 1.29 is 4.52 Å². The molecule has 0 saturated heterocycles. The summed E-state index contributed by atoms with van der Waals surface area (Å²) in [5, 5.41) is 11.0. The second-order valence-corrected chi connectivity index (χ2v) is 6.95. The molecule has 0 saturated carbocycles. The number of nitrogens with one attached hydrogen (secondary N) is 2. The van der Waals surface area contributed by atoms with Crippen LogP contribution in [0.25, 0.3) is 0 Å². The van der Waals surface area contributed by atoms with Crippen LogP contribution in [-0.4, -0.2) is 24.2 Å². The summed E-state index contributed by atoms with van der Waals surface area (Å²) >= 11 is 0. The quantitative estimate of drug-likeness (QED) is 0.422. The van der Waals surface area contributed by atoms with Crippen LogP contribution < -0.4 is 10.6 Å². The highest BCUT2D eigenvalue weighted by atomic mass is 16.5. The van der Waals surface area contributed by atoms with Gasteiger partial charge in [0.15, 0.2) is 5.96 Å². The first-order valence-corrected chi connectivity index (χ1v) is 9.51. The van der Waals surface area contributed by atoms with Crippen molar-refractivity contribution in [2.45, 2.75) is 59.9 Å². The molecule has 0 radical (unpaired) electrons. The van der Waals surface area contributed by atoms with E-state index >= 15 is 0 Å². The summed E-state index contributed by atoms with van der Waals surface area (Å²) in [5.41, 5.74) is 4.63. The molecule has 1 aromatic carbocycles. The summed E-state index contributed by atoms with van der Waals surface area (Å²) in [4.78, 5) is 4.75. The van der Waals surface area contributed by atoms with Gasteiger partial charge in [0.25, 0.3) is 0 Å². The number of aromatic nitrogens is 1. The molecule has 0 fully saturated rings. The van der Waals surface area contributed by atoms with E-state index < -0.39 is 0 Å². The molecule has 142 valence electrons. The lowest BCUT2D eigenvalue weighted by Gasteiger charge is -2.16. The number of unbranched alkanes of at least 4 members (excludes halogenated alkanes) is 1. The Labute approximate surface area is 157 Å². The van der Waals surface area contributed by atoms with E-state index in [1.807, 2.05) is 13.8 Å². The third-order valence-electron chi connectivity index (χ3n) is 4.52. The lowest BCUT2D eigenvalue weighted by molar-refractivity contribution is 0.391. The molecule has 1 heterocycles. The Morgan fingerprint density at radius 1 is 1.15 bits per heavy atom. The Kier molecular flexibility index (Phi) is 7.70. The summed E-state index contributed by atoms with van der Waals surface area (Å²) in [6, 6.07) is 8.52. The smallest absolute Gasteiger partial charge is 0.191 e. The number of hydrogen-bond acceptors (Lipinski definition) is 3. The molecule has 0 bridgehead atoms. The maximum atomic E-state index is 5.29. The van der Waals surface area contributed by atoms with Crippen LogP contribution in [-0.2, 0) is 6.54 Å². The van der Waals surface area contributed by atoms with Gasteiger partial charge in [-0.25, -0.2) is 4.99 Å². The Bertz CT molecular complexity index is 684. The van der Waals surface area contributed by atoms with E-state index in [2.05, 4.69) is 60.8 Å². The number of aryl methyl sites for hydroxylation is 3. The molecule has 0 aliphatic heterocycles. The fraction of sp³-hybridized carbons (Fsp3) is 0.524. The van der Waals surface area contributed by atoms with E-state index in [1.165, 1.54) is 16.7 Å². The summed E-state index contributed by atoms with van der Waals surface area (Å²) in [7, 11) is 0. The van der Waals surface area contributed by atoms with Crippen molar-refractivity contribution >= 4 is 5.96 Å². The standard InChI is InChI=1S/C21H32N4O/c1-6-7-12-22-21(24-14-19-10-8-15(2)9-11-19)23-13-16(3)20-17(4)25-26-18(20)5/h8-11,16H,6-7,12-14H2,1-5H3,(H2,22,23,24). The molecular weight excluding hydrogens is 324 g/mol. The van der Waals surface area contributed by atoms with Crippen LogP contribution in [0.5, 0.6) is 0 Å². The number of aliphatic imine (C=N–C) groups is 1. The monoisotopic (exact) mass is 356 g/mol. The minimum absolute atomic E-state index is 0.304. The van der Waals surface area contributed by atoms with Gasteiger partial charge >= 0.3 is 0 Å². The van der Waals surface area contributed by atoms with Crippen LogP contribution in [0.2, 0.25) is 0 Å². The molecule has 0 aliphatic rings. The first kappa shape index (κ1) is 20.0. The highest BCUT2D eigenvalue weighted by Gasteiger charge is 2.16. The van der Waals surface area contributed by atoms with Crippen molar-refractivity contribution in [1.29, 1.82) is 0 Å². The van der Waals surface area contributed by atoms with Crippen LogP contribution in [0.3, 0.4) is 0 Å². The van der Waals surface area contributed by atoms with Crippen molar-refractivity contribution in [3.8, 4) is 0 Å². The topological polar surface area (TPSA) is 62.5 Å². The van der Waals surface area contributed by atoms with Crippen molar-refractivity contribution in [3.63, 3.8) is 0 Å². The SMILES string of the molecule is CCCCNC(=NCc1ccc(C)cc1)NCC(C)c1c(C)noc1C. The van der Waals surface area contributed by atoms with E-state index in [4.69, 9.17) is 9.52 Å². The molecule has 2 N–H and O–H groups in total. The van der Waals surface area contributed by atoms with Crippen LogP contribution >= 0.6 is 0 Å². The Morgan fingerprint density at radius 2 is 1.88 bits per heavy atom. The third-order valence-corrected chi connectivity index (χ3v) is 4.52.